The van der Waals surface area contributed by atoms with Crippen LogP contribution in [0.5, 0.6) is 0 Å². The summed E-state index contributed by atoms with van der Waals surface area (Å²) < 4.78 is 22.7. The number of anilines is 1. The van der Waals surface area contributed by atoms with Crippen LogP contribution >= 0.6 is 0 Å². The Kier molecular flexibility index (Phi) is 2.85. The maximum absolute atomic E-state index is 11.3. The van der Waals surface area contributed by atoms with Crippen molar-refractivity contribution >= 4 is 15.5 Å². The van der Waals surface area contributed by atoms with Gasteiger partial charge in [-0.05, 0) is 23.6 Å². The van der Waals surface area contributed by atoms with Gasteiger partial charge in [-0.1, -0.05) is 19.9 Å². The molecule has 4 heteroatoms. The van der Waals surface area contributed by atoms with E-state index in [0.717, 1.165) is 5.56 Å². The lowest BCUT2D eigenvalue weighted by molar-refractivity contribution is 0.602. The van der Waals surface area contributed by atoms with Gasteiger partial charge in [0.15, 0.2) is 9.84 Å². The Labute approximate surface area is 84.9 Å². The molecule has 2 N–H and O–H groups in total. The summed E-state index contributed by atoms with van der Waals surface area (Å²) in [6.07, 6.45) is 1.17. The highest BCUT2D eigenvalue weighted by molar-refractivity contribution is 7.90. The summed E-state index contributed by atoms with van der Waals surface area (Å²) in [4.78, 5) is 0.226. The molecular weight excluding hydrogens is 198 g/mol. The Bertz CT molecular complexity index is 435. The van der Waals surface area contributed by atoms with Crippen LogP contribution in [-0.4, -0.2) is 14.7 Å². The molecule has 0 fully saturated rings. The monoisotopic (exact) mass is 213 g/mol. The average Bonchev–Trinajstić information content (AvgIpc) is 2.02. The Morgan fingerprint density at radius 3 is 2.29 bits per heavy atom. The molecular formula is C10H15NO2S. The van der Waals surface area contributed by atoms with Crippen LogP contribution in [0.15, 0.2) is 23.1 Å². The number of nitrogens with two attached hydrogens (primary N) is 1. The van der Waals surface area contributed by atoms with Crippen LogP contribution in [-0.2, 0) is 9.84 Å². The van der Waals surface area contributed by atoms with Gasteiger partial charge in [0.1, 0.15) is 0 Å². The first kappa shape index (κ1) is 11.0. The zero-order valence-electron chi connectivity index (χ0n) is 8.61. The molecule has 1 aromatic carbocycles. The van der Waals surface area contributed by atoms with E-state index in [1.807, 2.05) is 19.9 Å². The molecule has 0 spiro atoms. The molecule has 1 aromatic rings. The van der Waals surface area contributed by atoms with Crippen LogP contribution in [0.2, 0.25) is 0 Å². The summed E-state index contributed by atoms with van der Waals surface area (Å²) in [6.45, 7) is 4.02. The molecule has 0 aliphatic heterocycles. The van der Waals surface area contributed by atoms with Gasteiger partial charge in [0.05, 0.1) is 10.6 Å². The van der Waals surface area contributed by atoms with Crippen LogP contribution < -0.4 is 5.73 Å². The van der Waals surface area contributed by atoms with Crippen LogP contribution in [0.3, 0.4) is 0 Å². The molecule has 0 aliphatic carbocycles. The molecule has 0 unspecified atom stereocenters. The SMILES string of the molecule is CC(C)c1ccc(N)c(S(C)(=O)=O)c1. The maximum Gasteiger partial charge on any atom is 0.177 e. The normalized spacial score (nSPS) is 12.0. The molecule has 78 valence electrons. The fourth-order valence-electron chi connectivity index (χ4n) is 1.23. The number of sulfone groups is 1. The quantitative estimate of drug-likeness (QED) is 0.762. The molecule has 0 atom stereocenters. The first-order valence-corrected chi connectivity index (χ1v) is 6.31. The summed E-state index contributed by atoms with van der Waals surface area (Å²) in [5.74, 6) is 0.302. The van der Waals surface area contributed by atoms with Crippen molar-refractivity contribution in [3.05, 3.63) is 23.8 Å². The van der Waals surface area contributed by atoms with Gasteiger partial charge in [-0.25, -0.2) is 8.42 Å². The Balaban J connectivity index is 3.37. The van der Waals surface area contributed by atoms with Gasteiger partial charge in [0.2, 0.25) is 0 Å². The molecule has 0 aromatic heterocycles. The molecule has 0 saturated carbocycles. The molecule has 3 nitrogen and oxygen atoms in total. The highest BCUT2D eigenvalue weighted by atomic mass is 32.2. The van der Waals surface area contributed by atoms with Crippen molar-refractivity contribution in [1.29, 1.82) is 0 Å². The van der Waals surface area contributed by atoms with Crippen LogP contribution in [0.1, 0.15) is 25.3 Å². The van der Waals surface area contributed by atoms with Gasteiger partial charge in [-0.3, -0.25) is 0 Å². The minimum Gasteiger partial charge on any atom is -0.398 e. The van der Waals surface area contributed by atoms with Crippen LogP contribution in [0.4, 0.5) is 5.69 Å². The van der Waals surface area contributed by atoms with E-state index in [2.05, 4.69) is 0 Å². The molecule has 0 saturated heterocycles. The number of hydrogen-bond donors (Lipinski definition) is 1. The Morgan fingerprint density at radius 1 is 1.29 bits per heavy atom. The first-order valence-electron chi connectivity index (χ1n) is 4.42. The lowest BCUT2D eigenvalue weighted by atomic mass is 10.0. The highest BCUT2D eigenvalue weighted by Gasteiger charge is 2.12. The van der Waals surface area contributed by atoms with E-state index >= 15 is 0 Å². The van der Waals surface area contributed by atoms with E-state index in [1.165, 1.54) is 6.26 Å². The summed E-state index contributed by atoms with van der Waals surface area (Å²) in [6, 6.07) is 5.15. The standard InChI is InChI=1S/C10H15NO2S/c1-7(2)8-4-5-9(11)10(6-8)14(3,12)13/h4-7H,11H2,1-3H3. The van der Waals surface area contributed by atoms with Crippen molar-refractivity contribution in [2.24, 2.45) is 0 Å². The third-order valence-corrected chi connectivity index (χ3v) is 3.26. The second-order valence-electron chi connectivity index (χ2n) is 3.72. The van der Waals surface area contributed by atoms with Crippen molar-refractivity contribution in [3.63, 3.8) is 0 Å². The van der Waals surface area contributed by atoms with Crippen LogP contribution in [0, 0.1) is 0 Å². The minimum atomic E-state index is -3.21. The fourth-order valence-corrected chi connectivity index (χ4v) is 2.08. The van der Waals surface area contributed by atoms with E-state index in [-0.39, 0.29) is 4.90 Å². The van der Waals surface area contributed by atoms with Gasteiger partial charge < -0.3 is 5.73 Å². The van der Waals surface area contributed by atoms with Gasteiger partial charge in [-0.2, -0.15) is 0 Å². The zero-order chi connectivity index (χ0) is 10.9. The summed E-state index contributed by atoms with van der Waals surface area (Å²) in [7, 11) is -3.21. The smallest absolute Gasteiger partial charge is 0.177 e. The second kappa shape index (κ2) is 3.61. The number of rotatable bonds is 2. The van der Waals surface area contributed by atoms with E-state index in [9.17, 15) is 8.42 Å². The third-order valence-electron chi connectivity index (χ3n) is 2.10. The fraction of sp³-hybridized carbons (Fsp3) is 0.400. The molecule has 0 radical (unpaired) electrons. The zero-order valence-corrected chi connectivity index (χ0v) is 9.43. The van der Waals surface area contributed by atoms with Crippen LogP contribution in [0.25, 0.3) is 0 Å². The Hall–Kier alpha value is -1.03. The van der Waals surface area contributed by atoms with Gasteiger partial charge in [0.25, 0.3) is 0 Å². The number of nitrogen functional groups attached to an aromatic ring is 1. The molecule has 0 bridgehead atoms. The molecule has 14 heavy (non-hydrogen) atoms. The Morgan fingerprint density at radius 2 is 1.86 bits per heavy atom. The predicted octanol–water partition coefficient (Wildman–Crippen LogP) is 1.80. The number of hydrogen-bond acceptors (Lipinski definition) is 3. The van der Waals surface area contributed by atoms with Gasteiger partial charge in [-0.15, -0.1) is 0 Å². The summed E-state index contributed by atoms with van der Waals surface area (Å²) in [5, 5.41) is 0. The first-order chi connectivity index (χ1) is 6.32. The topological polar surface area (TPSA) is 60.2 Å². The van der Waals surface area contributed by atoms with E-state index in [0.29, 0.717) is 11.6 Å². The molecule has 0 amide bonds. The maximum atomic E-state index is 11.3. The van der Waals surface area contributed by atoms with Crippen molar-refractivity contribution in [1.82, 2.24) is 0 Å². The largest absolute Gasteiger partial charge is 0.398 e. The highest BCUT2D eigenvalue weighted by Crippen LogP contribution is 2.23. The molecule has 1 rings (SSSR count). The van der Waals surface area contributed by atoms with Gasteiger partial charge >= 0.3 is 0 Å². The van der Waals surface area contributed by atoms with Crippen molar-refractivity contribution < 1.29 is 8.42 Å². The molecule has 0 heterocycles. The van der Waals surface area contributed by atoms with E-state index < -0.39 is 9.84 Å². The minimum absolute atomic E-state index is 0.226. The van der Waals surface area contributed by atoms with E-state index in [4.69, 9.17) is 5.73 Å². The lowest BCUT2D eigenvalue weighted by Crippen LogP contribution is -2.03. The second-order valence-corrected chi connectivity index (χ2v) is 5.71. The predicted molar refractivity (Wildman–Crippen MR) is 58.1 cm³/mol. The molecule has 0 aliphatic rings. The van der Waals surface area contributed by atoms with Crippen molar-refractivity contribution in [2.45, 2.75) is 24.7 Å². The third kappa shape index (κ3) is 2.26. The van der Waals surface area contributed by atoms with E-state index in [1.54, 1.807) is 12.1 Å². The lowest BCUT2D eigenvalue weighted by Gasteiger charge is -2.09. The van der Waals surface area contributed by atoms with Gasteiger partial charge in [0, 0.05) is 6.26 Å². The average molecular weight is 213 g/mol. The van der Waals surface area contributed by atoms with Crippen molar-refractivity contribution in [3.8, 4) is 0 Å². The van der Waals surface area contributed by atoms with Crippen molar-refractivity contribution in [2.75, 3.05) is 12.0 Å². The summed E-state index contributed by atoms with van der Waals surface area (Å²) in [5.41, 5.74) is 6.90. The summed E-state index contributed by atoms with van der Waals surface area (Å²) >= 11 is 0. The number of benzene rings is 1.